The number of ketones is 1. The van der Waals surface area contributed by atoms with Crippen LogP contribution in [0.2, 0.25) is 0 Å². The summed E-state index contributed by atoms with van der Waals surface area (Å²) in [6.07, 6.45) is 0.602. The third kappa shape index (κ3) is 4.76. The van der Waals surface area contributed by atoms with Crippen molar-refractivity contribution in [3.63, 3.8) is 0 Å². The van der Waals surface area contributed by atoms with Crippen LogP contribution in [0.15, 0.2) is 30.3 Å². The van der Waals surface area contributed by atoms with Gasteiger partial charge in [-0.1, -0.05) is 6.92 Å². The maximum Gasteiger partial charge on any atom is 0.214 e. The van der Waals surface area contributed by atoms with Crippen LogP contribution in [0.5, 0.6) is 0 Å². The molecule has 2 aromatic rings. The van der Waals surface area contributed by atoms with Crippen molar-refractivity contribution < 1.29 is 17.6 Å². The van der Waals surface area contributed by atoms with Crippen molar-refractivity contribution in [2.24, 2.45) is 0 Å². The summed E-state index contributed by atoms with van der Waals surface area (Å²) in [5.41, 5.74) is 3.19. The highest BCUT2D eigenvalue weighted by Crippen LogP contribution is 2.22. The highest BCUT2D eigenvalue weighted by molar-refractivity contribution is 7.89. The van der Waals surface area contributed by atoms with Gasteiger partial charge in [-0.25, -0.2) is 12.8 Å². The standard InChI is InChI=1S/C21H28FN3O3S/c1-4-13-29(27,28)24-11-9-23(10-12-24)15-21(26)20-14-16(2)25(17(20)3)19-7-5-18(22)6-8-19/h5-8,14H,4,9-13,15H2,1-3H3. The quantitative estimate of drug-likeness (QED) is 0.645. The van der Waals surface area contributed by atoms with E-state index in [4.69, 9.17) is 0 Å². The van der Waals surface area contributed by atoms with Gasteiger partial charge < -0.3 is 4.57 Å². The minimum Gasteiger partial charge on any atom is -0.318 e. The summed E-state index contributed by atoms with van der Waals surface area (Å²) < 4.78 is 41.1. The first-order valence-corrected chi connectivity index (χ1v) is 11.5. The summed E-state index contributed by atoms with van der Waals surface area (Å²) in [5.74, 6) is -0.120. The van der Waals surface area contributed by atoms with E-state index in [0.29, 0.717) is 38.2 Å². The lowest BCUT2D eigenvalue weighted by Crippen LogP contribution is -2.50. The second kappa shape index (κ2) is 8.77. The van der Waals surface area contributed by atoms with Crippen LogP contribution >= 0.6 is 0 Å². The molecular weight excluding hydrogens is 393 g/mol. The Morgan fingerprint density at radius 2 is 1.69 bits per heavy atom. The van der Waals surface area contributed by atoms with E-state index in [2.05, 4.69) is 0 Å². The summed E-state index contributed by atoms with van der Waals surface area (Å²) in [5, 5.41) is 0. The number of carbonyl (C=O) groups excluding carboxylic acids is 1. The Balaban J connectivity index is 1.68. The van der Waals surface area contributed by atoms with Gasteiger partial charge in [-0.3, -0.25) is 9.69 Å². The van der Waals surface area contributed by atoms with Gasteiger partial charge in [0.25, 0.3) is 0 Å². The molecule has 1 aliphatic rings. The van der Waals surface area contributed by atoms with Crippen LogP contribution in [-0.2, 0) is 10.0 Å². The Bertz CT molecular complexity index is 975. The zero-order chi connectivity index (χ0) is 21.2. The molecule has 1 aromatic heterocycles. The smallest absolute Gasteiger partial charge is 0.214 e. The molecule has 0 atom stereocenters. The predicted octanol–water partition coefficient (Wildman–Crippen LogP) is 2.77. The maximum atomic E-state index is 13.2. The number of aromatic nitrogens is 1. The van der Waals surface area contributed by atoms with E-state index < -0.39 is 10.0 Å². The normalized spacial score (nSPS) is 16.3. The van der Waals surface area contributed by atoms with Crippen LogP contribution in [0, 0.1) is 19.7 Å². The number of piperazine rings is 1. The Morgan fingerprint density at radius 1 is 1.07 bits per heavy atom. The van der Waals surface area contributed by atoms with E-state index in [-0.39, 0.29) is 23.9 Å². The summed E-state index contributed by atoms with van der Waals surface area (Å²) in [7, 11) is -3.19. The summed E-state index contributed by atoms with van der Waals surface area (Å²) in [6, 6.07) is 8.06. The van der Waals surface area contributed by atoms with Crippen LogP contribution in [-0.4, -0.2) is 66.4 Å². The summed E-state index contributed by atoms with van der Waals surface area (Å²) in [4.78, 5) is 14.9. The van der Waals surface area contributed by atoms with Crippen LogP contribution in [0.1, 0.15) is 35.1 Å². The first-order valence-electron chi connectivity index (χ1n) is 9.91. The molecule has 0 saturated carbocycles. The van der Waals surface area contributed by atoms with Crippen molar-refractivity contribution in [1.29, 1.82) is 0 Å². The molecule has 0 N–H and O–H groups in total. The molecule has 2 heterocycles. The molecule has 0 aliphatic carbocycles. The molecule has 0 radical (unpaired) electrons. The van der Waals surface area contributed by atoms with E-state index in [1.807, 2.05) is 36.3 Å². The number of aryl methyl sites for hydroxylation is 1. The van der Waals surface area contributed by atoms with Crippen molar-refractivity contribution in [2.75, 3.05) is 38.5 Å². The zero-order valence-corrected chi connectivity index (χ0v) is 18.0. The lowest BCUT2D eigenvalue weighted by Gasteiger charge is -2.33. The first kappa shape index (κ1) is 21.7. The molecule has 1 fully saturated rings. The third-order valence-corrected chi connectivity index (χ3v) is 7.45. The van der Waals surface area contributed by atoms with Gasteiger partial charge in [-0.05, 0) is 50.6 Å². The molecule has 0 unspecified atom stereocenters. The Hall–Kier alpha value is -2.03. The number of Topliss-reactive ketones (excluding diaryl/α,β-unsaturated/α-hetero) is 1. The molecule has 1 saturated heterocycles. The molecule has 1 aliphatic heterocycles. The topological polar surface area (TPSA) is 62.6 Å². The number of halogens is 1. The Kier molecular flexibility index (Phi) is 6.55. The van der Waals surface area contributed by atoms with Gasteiger partial charge in [0, 0.05) is 48.8 Å². The molecule has 6 nitrogen and oxygen atoms in total. The van der Waals surface area contributed by atoms with Crippen LogP contribution in [0.4, 0.5) is 4.39 Å². The van der Waals surface area contributed by atoms with Gasteiger partial charge >= 0.3 is 0 Å². The first-order chi connectivity index (χ1) is 13.7. The average Bonchev–Trinajstić information content (AvgIpc) is 2.97. The lowest BCUT2D eigenvalue weighted by molar-refractivity contribution is 0.0901. The predicted molar refractivity (Wildman–Crippen MR) is 112 cm³/mol. The zero-order valence-electron chi connectivity index (χ0n) is 17.2. The largest absolute Gasteiger partial charge is 0.318 e. The number of benzene rings is 1. The fraction of sp³-hybridized carbons (Fsp3) is 0.476. The van der Waals surface area contributed by atoms with Crippen molar-refractivity contribution in [1.82, 2.24) is 13.8 Å². The SMILES string of the molecule is CCCS(=O)(=O)N1CCN(CC(=O)c2cc(C)n(-c3ccc(F)cc3)c2C)CC1. The van der Waals surface area contributed by atoms with Gasteiger partial charge in [0.2, 0.25) is 10.0 Å². The summed E-state index contributed by atoms with van der Waals surface area (Å²) >= 11 is 0. The van der Waals surface area contributed by atoms with Gasteiger partial charge in [-0.15, -0.1) is 0 Å². The summed E-state index contributed by atoms with van der Waals surface area (Å²) in [6.45, 7) is 7.86. The average molecular weight is 422 g/mol. The molecule has 3 rings (SSSR count). The maximum absolute atomic E-state index is 13.2. The molecule has 8 heteroatoms. The van der Waals surface area contributed by atoms with E-state index in [9.17, 15) is 17.6 Å². The van der Waals surface area contributed by atoms with Crippen molar-refractivity contribution in [3.8, 4) is 5.69 Å². The van der Waals surface area contributed by atoms with Gasteiger partial charge in [0.05, 0.1) is 12.3 Å². The number of nitrogens with zero attached hydrogens (tertiary/aromatic N) is 3. The second-order valence-electron chi connectivity index (χ2n) is 7.51. The fourth-order valence-electron chi connectivity index (χ4n) is 3.87. The molecule has 29 heavy (non-hydrogen) atoms. The second-order valence-corrected chi connectivity index (χ2v) is 9.60. The van der Waals surface area contributed by atoms with Crippen LogP contribution in [0.25, 0.3) is 5.69 Å². The fourth-order valence-corrected chi connectivity index (χ4v) is 5.37. The Morgan fingerprint density at radius 3 is 2.28 bits per heavy atom. The van der Waals surface area contributed by atoms with Crippen LogP contribution < -0.4 is 0 Å². The van der Waals surface area contributed by atoms with E-state index in [0.717, 1.165) is 17.1 Å². The van der Waals surface area contributed by atoms with Gasteiger partial charge in [0.1, 0.15) is 5.82 Å². The highest BCUT2D eigenvalue weighted by Gasteiger charge is 2.27. The molecular formula is C21H28FN3O3S. The molecule has 0 spiro atoms. The number of rotatable bonds is 7. The monoisotopic (exact) mass is 421 g/mol. The lowest BCUT2D eigenvalue weighted by atomic mass is 10.1. The van der Waals surface area contributed by atoms with Gasteiger partial charge in [-0.2, -0.15) is 4.31 Å². The minimum atomic E-state index is -3.19. The van der Waals surface area contributed by atoms with Gasteiger partial charge in [0.15, 0.2) is 5.78 Å². The number of hydrogen-bond acceptors (Lipinski definition) is 4. The molecule has 0 amide bonds. The van der Waals surface area contributed by atoms with Crippen molar-refractivity contribution in [2.45, 2.75) is 27.2 Å². The van der Waals surface area contributed by atoms with E-state index in [1.54, 1.807) is 12.1 Å². The number of sulfonamides is 1. The van der Waals surface area contributed by atoms with Crippen LogP contribution in [0.3, 0.4) is 0 Å². The van der Waals surface area contributed by atoms with E-state index in [1.165, 1.54) is 16.4 Å². The van der Waals surface area contributed by atoms with Crippen molar-refractivity contribution in [3.05, 3.63) is 53.1 Å². The van der Waals surface area contributed by atoms with Crippen molar-refractivity contribution >= 4 is 15.8 Å². The molecule has 0 bridgehead atoms. The molecule has 158 valence electrons. The third-order valence-electron chi connectivity index (χ3n) is 5.37. The highest BCUT2D eigenvalue weighted by atomic mass is 32.2. The minimum absolute atomic E-state index is 0.0105. The number of carbonyl (C=O) groups is 1. The Labute approximate surface area is 172 Å². The molecule has 1 aromatic carbocycles. The number of hydrogen-bond donors (Lipinski definition) is 0. The van der Waals surface area contributed by atoms with E-state index >= 15 is 0 Å².